The van der Waals surface area contributed by atoms with Crippen LogP contribution in [0.3, 0.4) is 0 Å². The van der Waals surface area contributed by atoms with E-state index >= 15 is 0 Å². The summed E-state index contributed by atoms with van der Waals surface area (Å²) in [6.45, 7) is 4.36. The molecule has 0 amide bonds. The van der Waals surface area contributed by atoms with E-state index in [2.05, 4.69) is 0 Å². The van der Waals surface area contributed by atoms with E-state index in [1.54, 1.807) is 24.3 Å². The minimum atomic E-state index is -3.52. The molecule has 0 aliphatic carbocycles. The first-order chi connectivity index (χ1) is 10.5. The van der Waals surface area contributed by atoms with E-state index in [0.717, 1.165) is 17.7 Å². The van der Waals surface area contributed by atoms with E-state index in [4.69, 9.17) is 4.74 Å². The smallest absolute Gasteiger partial charge is 0.264 e. The van der Waals surface area contributed by atoms with Crippen LogP contribution in [0.15, 0.2) is 53.4 Å². The molecule has 0 saturated heterocycles. The second kappa shape index (κ2) is 5.65. The minimum absolute atomic E-state index is 0.0629. The number of rotatable bonds is 4. The highest BCUT2D eigenvalue weighted by Gasteiger charge is 2.30. The van der Waals surface area contributed by atoms with Crippen molar-refractivity contribution in [3.63, 3.8) is 0 Å². The van der Waals surface area contributed by atoms with Crippen LogP contribution in [-0.4, -0.2) is 21.1 Å². The molecule has 1 aliphatic rings. The van der Waals surface area contributed by atoms with Crippen molar-refractivity contribution in [1.82, 2.24) is 0 Å². The third-order valence-electron chi connectivity index (χ3n) is 3.63. The normalized spacial score (nSPS) is 14.2. The standard InChI is InChI=1S/C17H19NO3S/c1-13(2)21-15-7-9-16(10-8-15)22(19,20)18-12-11-14-5-3-4-6-17(14)18/h3-10,13H,11-12H2,1-2H3. The molecule has 3 rings (SSSR count). The molecule has 0 bridgehead atoms. The van der Waals surface area contributed by atoms with Crippen LogP contribution in [0, 0.1) is 0 Å². The topological polar surface area (TPSA) is 46.6 Å². The fourth-order valence-corrected chi connectivity index (χ4v) is 4.15. The number of benzene rings is 2. The number of ether oxygens (including phenoxy) is 1. The van der Waals surface area contributed by atoms with Gasteiger partial charge in [0.25, 0.3) is 10.0 Å². The Hall–Kier alpha value is -2.01. The summed E-state index contributed by atoms with van der Waals surface area (Å²) in [7, 11) is -3.52. The predicted octanol–water partition coefficient (Wildman–Crippen LogP) is 3.23. The monoisotopic (exact) mass is 317 g/mol. The molecule has 0 fully saturated rings. The Bertz CT molecular complexity index is 767. The summed E-state index contributed by atoms with van der Waals surface area (Å²) in [4.78, 5) is 0.292. The van der Waals surface area contributed by atoms with Crippen LogP contribution in [-0.2, 0) is 16.4 Å². The van der Waals surface area contributed by atoms with Gasteiger partial charge in [-0.1, -0.05) is 18.2 Å². The molecule has 0 N–H and O–H groups in total. The zero-order valence-corrected chi connectivity index (χ0v) is 13.5. The lowest BCUT2D eigenvalue weighted by atomic mass is 10.2. The maximum atomic E-state index is 12.8. The zero-order chi connectivity index (χ0) is 15.7. The highest BCUT2D eigenvalue weighted by Crippen LogP contribution is 2.33. The molecule has 0 spiro atoms. The van der Waals surface area contributed by atoms with E-state index in [0.29, 0.717) is 17.2 Å². The van der Waals surface area contributed by atoms with Crippen LogP contribution in [0.2, 0.25) is 0 Å². The van der Waals surface area contributed by atoms with Crippen molar-refractivity contribution in [3.8, 4) is 5.75 Å². The maximum absolute atomic E-state index is 12.8. The Morgan fingerprint density at radius 1 is 1.05 bits per heavy atom. The van der Waals surface area contributed by atoms with E-state index < -0.39 is 10.0 Å². The Morgan fingerprint density at radius 2 is 1.73 bits per heavy atom. The van der Waals surface area contributed by atoms with Crippen LogP contribution < -0.4 is 9.04 Å². The van der Waals surface area contributed by atoms with Crippen LogP contribution in [0.1, 0.15) is 19.4 Å². The molecule has 2 aromatic rings. The molecule has 22 heavy (non-hydrogen) atoms. The highest BCUT2D eigenvalue weighted by atomic mass is 32.2. The Kier molecular flexibility index (Phi) is 3.83. The summed E-state index contributed by atoms with van der Waals surface area (Å²) in [6.07, 6.45) is 0.817. The van der Waals surface area contributed by atoms with Gasteiger partial charge in [-0.05, 0) is 56.2 Å². The third-order valence-corrected chi connectivity index (χ3v) is 5.46. The van der Waals surface area contributed by atoms with Gasteiger partial charge >= 0.3 is 0 Å². The number of nitrogens with zero attached hydrogens (tertiary/aromatic N) is 1. The van der Waals surface area contributed by atoms with Gasteiger partial charge in [0.1, 0.15) is 5.75 Å². The van der Waals surface area contributed by atoms with E-state index in [1.807, 2.05) is 38.1 Å². The van der Waals surface area contributed by atoms with Crippen molar-refractivity contribution in [2.24, 2.45) is 0 Å². The number of hydrogen-bond acceptors (Lipinski definition) is 3. The molecule has 1 heterocycles. The summed E-state index contributed by atoms with van der Waals surface area (Å²) in [5.74, 6) is 0.677. The second-order valence-corrected chi connectivity index (χ2v) is 7.46. The van der Waals surface area contributed by atoms with Gasteiger partial charge in [-0.3, -0.25) is 4.31 Å². The lowest BCUT2D eigenvalue weighted by molar-refractivity contribution is 0.242. The van der Waals surface area contributed by atoms with Crippen molar-refractivity contribution >= 4 is 15.7 Å². The summed E-state index contributed by atoms with van der Waals surface area (Å²) in [5.41, 5.74) is 1.86. The van der Waals surface area contributed by atoms with Crippen molar-refractivity contribution in [1.29, 1.82) is 0 Å². The number of para-hydroxylation sites is 1. The van der Waals surface area contributed by atoms with Crippen LogP contribution in [0.25, 0.3) is 0 Å². The molecular formula is C17H19NO3S. The first-order valence-corrected chi connectivity index (χ1v) is 8.80. The van der Waals surface area contributed by atoms with Crippen LogP contribution in [0.4, 0.5) is 5.69 Å². The van der Waals surface area contributed by atoms with Crippen molar-refractivity contribution < 1.29 is 13.2 Å². The van der Waals surface area contributed by atoms with Crippen molar-refractivity contribution in [2.45, 2.75) is 31.3 Å². The van der Waals surface area contributed by atoms with Crippen LogP contribution >= 0.6 is 0 Å². The first kappa shape index (κ1) is 14.9. The first-order valence-electron chi connectivity index (χ1n) is 7.36. The summed E-state index contributed by atoms with van der Waals surface area (Å²) in [6, 6.07) is 14.3. The zero-order valence-electron chi connectivity index (χ0n) is 12.7. The van der Waals surface area contributed by atoms with Gasteiger partial charge in [-0.25, -0.2) is 8.42 Å². The van der Waals surface area contributed by atoms with Crippen LogP contribution in [0.5, 0.6) is 5.75 Å². The molecule has 0 aromatic heterocycles. The van der Waals surface area contributed by atoms with Crippen molar-refractivity contribution in [3.05, 3.63) is 54.1 Å². The average molecular weight is 317 g/mol. The van der Waals surface area contributed by atoms with E-state index in [-0.39, 0.29) is 6.10 Å². The predicted molar refractivity (Wildman–Crippen MR) is 86.9 cm³/mol. The molecule has 5 heteroatoms. The third kappa shape index (κ3) is 2.68. The van der Waals surface area contributed by atoms with Crippen molar-refractivity contribution in [2.75, 3.05) is 10.8 Å². The quantitative estimate of drug-likeness (QED) is 0.870. The molecule has 4 nitrogen and oxygen atoms in total. The Morgan fingerprint density at radius 3 is 2.41 bits per heavy atom. The molecule has 0 radical (unpaired) electrons. The SMILES string of the molecule is CC(C)Oc1ccc(S(=O)(=O)N2CCc3ccccc32)cc1. The molecule has 0 atom stereocenters. The van der Waals surface area contributed by atoms with Gasteiger partial charge in [0.2, 0.25) is 0 Å². The fourth-order valence-electron chi connectivity index (χ4n) is 2.65. The number of sulfonamides is 1. The summed E-state index contributed by atoms with van der Waals surface area (Å²) in [5, 5.41) is 0. The van der Waals surface area contributed by atoms with Gasteiger partial charge in [0.15, 0.2) is 0 Å². The number of hydrogen-bond donors (Lipinski definition) is 0. The number of anilines is 1. The molecule has 2 aromatic carbocycles. The van der Waals surface area contributed by atoms with E-state index in [1.165, 1.54) is 4.31 Å². The Balaban J connectivity index is 1.91. The maximum Gasteiger partial charge on any atom is 0.264 e. The minimum Gasteiger partial charge on any atom is -0.491 e. The van der Waals surface area contributed by atoms with Gasteiger partial charge in [-0.15, -0.1) is 0 Å². The average Bonchev–Trinajstić information content (AvgIpc) is 2.92. The Labute approximate surface area is 131 Å². The highest BCUT2D eigenvalue weighted by molar-refractivity contribution is 7.92. The summed E-state index contributed by atoms with van der Waals surface area (Å²) >= 11 is 0. The second-order valence-electron chi connectivity index (χ2n) is 5.59. The largest absolute Gasteiger partial charge is 0.491 e. The lowest BCUT2D eigenvalue weighted by Gasteiger charge is -2.20. The van der Waals surface area contributed by atoms with E-state index in [9.17, 15) is 8.42 Å². The van der Waals surface area contributed by atoms with Gasteiger partial charge in [0.05, 0.1) is 16.7 Å². The molecule has 1 aliphatic heterocycles. The molecule has 0 unspecified atom stereocenters. The van der Waals surface area contributed by atoms with Gasteiger partial charge < -0.3 is 4.74 Å². The summed E-state index contributed by atoms with van der Waals surface area (Å²) < 4.78 is 32.7. The molecule has 0 saturated carbocycles. The fraction of sp³-hybridized carbons (Fsp3) is 0.294. The molecular weight excluding hydrogens is 298 g/mol. The van der Waals surface area contributed by atoms with Gasteiger partial charge in [-0.2, -0.15) is 0 Å². The van der Waals surface area contributed by atoms with Gasteiger partial charge in [0, 0.05) is 6.54 Å². The molecule has 116 valence electrons. The number of fused-ring (bicyclic) bond motifs is 1. The lowest BCUT2D eigenvalue weighted by Crippen LogP contribution is -2.29.